The minimum Gasteiger partial charge on any atom is -0.341 e. The first kappa shape index (κ1) is 13.3. The summed E-state index contributed by atoms with van der Waals surface area (Å²) in [5.41, 5.74) is 4.21. The minimum absolute atomic E-state index is 0.00130. The summed E-state index contributed by atoms with van der Waals surface area (Å²) in [6, 6.07) is 16.0. The van der Waals surface area contributed by atoms with Crippen molar-refractivity contribution in [3.8, 4) is 0 Å². The first-order valence-corrected chi connectivity index (χ1v) is 6.72. The van der Waals surface area contributed by atoms with Crippen LogP contribution >= 0.6 is 0 Å². The number of nitrogens with one attached hydrogen (secondary N) is 1. The van der Waals surface area contributed by atoms with Crippen molar-refractivity contribution < 1.29 is 4.79 Å². The molecule has 2 aromatic rings. The van der Waals surface area contributed by atoms with Crippen LogP contribution in [0.25, 0.3) is 0 Å². The summed E-state index contributed by atoms with van der Waals surface area (Å²) in [5.74, 6) is 0.0205. The van der Waals surface area contributed by atoms with Crippen LogP contribution in [0.1, 0.15) is 46.9 Å². The smallest absolute Gasteiger partial charge is 0.252 e. The van der Waals surface area contributed by atoms with Gasteiger partial charge in [0.25, 0.3) is 5.91 Å². The summed E-state index contributed by atoms with van der Waals surface area (Å²) in [5, 5.41) is 3.02. The van der Waals surface area contributed by atoms with E-state index >= 15 is 0 Å². The zero-order chi connectivity index (χ0) is 13.8. The molecule has 1 N–H and O–H groups in total. The van der Waals surface area contributed by atoms with E-state index < -0.39 is 0 Å². The van der Waals surface area contributed by atoms with Crippen LogP contribution in [0.5, 0.6) is 0 Å². The molecule has 0 aromatic heterocycles. The van der Waals surface area contributed by atoms with Gasteiger partial charge in [-0.25, -0.2) is 0 Å². The number of fused-ring (bicyclic) bond motifs is 1. The highest BCUT2D eigenvalue weighted by atomic mass is 16.2. The second kappa shape index (κ2) is 5.70. The molecule has 0 radical (unpaired) electrons. The number of hydrogen-bond acceptors (Lipinski definition) is 1. The van der Waals surface area contributed by atoms with E-state index in [1.165, 1.54) is 5.56 Å². The zero-order valence-corrected chi connectivity index (χ0v) is 11.6. The average molecular weight is 253 g/mol. The summed E-state index contributed by atoms with van der Waals surface area (Å²) in [7, 11) is 0. The van der Waals surface area contributed by atoms with Gasteiger partial charge >= 0.3 is 0 Å². The molecule has 1 unspecified atom stereocenters. The molecule has 0 saturated carbocycles. The molecular formula is C17H19NO. The van der Waals surface area contributed by atoms with Gasteiger partial charge in [0.1, 0.15) is 0 Å². The SMILES string of the molecule is CC.Cc1cccc(C2NC(=O)c3ccccc32)c1. The van der Waals surface area contributed by atoms with Gasteiger partial charge in [-0.3, -0.25) is 4.79 Å². The van der Waals surface area contributed by atoms with Gasteiger partial charge in [0.15, 0.2) is 0 Å². The Kier molecular flexibility index (Phi) is 4.00. The van der Waals surface area contributed by atoms with Crippen LogP contribution in [0, 0.1) is 6.92 Å². The standard InChI is InChI=1S/C15H13NO.C2H6/c1-10-5-4-6-11(9-10)14-12-7-2-3-8-13(12)15(17)16-14;1-2/h2-9,14H,1H3,(H,16,17);1-2H3. The number of carbonyl (C=O) groups is 1. The topological polar surface area (TPSA) is 29.1 Å². The maximum atomic E-state index is 11.8. The van der Waals surface area contributed by atoms with E-state index in [0.29, 0.717) is 0 Å². The van der Waals surface area contributed by atoms with Crippen molar-refractivity contribution in [3.63, 3.8) is 0 Å². The zero-order valence-electron chi connectivity index (χ0n) is 11.6. The summed E-state index contributed by atoms with van der Waals surface area (Å²) in [4.78, 5) is 11.8. The summed E-state index contributed by atoms with van der Waals surface area (Å²) in [6.45, 7) is 6.06. The van der Waals surface area contributed by atoms with E-state index in [-0.39, 0.29) is 11.9 Å². The average Bonchev–Trinajstić information content (AvgIpc) is 2.79. The van der Waals surface area contributed by atoms with Crippen LogP contribution in [0.15, 0.2) is 48.5 Å². The van der Waals surface area contributed by atoms with Crippen LogP contribution in [0.2, 0.25) is 0 Å². The van der Waals surface area contributed by atoms with E-state index in [4.69, 9.17) is 0 Å². The molecule has 1 aliphatic rings. The molecule has 0 bridgehead atoms. The summed E-state index contributed by atoms with van der Waals surface area (Å²) < 4.78 is 0. The number of benzene rings is 2. The molecule has 2 nitrogen and oxygen atoms in total. The first-order valence-electron chi connectivity index (χ1n) is 6.72. The van der Waals surface area contributed by atoms with E-state index in [9.17, 15) is 4.79 Å². The van der Waals surface area contributed by atoms with Crippen molar-refractivity contribution in [2.75, 3.05) is 0 Å². The van der Waals surface area contributed by atoms with Gasteiger partial charge in [-0.1, -0.05) is 61.9 Å². The molecule has 98 valence electrons. The maximum absolute atomic E-state index is 11.8. The Morgan fingerprint density at radius 1 is 1.00 bits per heavy atom. The lowest BCUT2D eigenvalue weighted by Gasteiger charge is -2.12. The minimum atomic E-state index is -0.00130. The Balaban J connectivity index is 0.000000637. The van der Waals surface area contributed by atoms with E-state index in [0.717, 1.165) is 16.7 Å². The van der Waals surface area contributed by atoms with E-state index in [2.05, 4.69) is 30.4 Å². The lowest BCUT2D eigenvalue weighted by molar-refractivity contribution is 0.0960. The fourth-order valence-corrected chi connectivity index (χ4v) is 2.35. The Hall–Kier alpha value is -2.09. The summed E-state index contributed by atoms with van der Waals surface area (Å²) in [6.07, 6.45) is 0. The van der Waals surface area contributed by atoms with Crippen molar-refractivity contribution in [2.24, 2.45) is 0 Å². The molecule has 1 heterocycles. The second-order valence-electron chi connectivity index (χ2n) is 4.41. The Labute approximate surface area is 114 Å². The monoisotopic (exact) mass is 253 g/mol. The van der Waals surface area contributed by atoms with Crippen LogP contribution in [0.3, 0.4) is 0 Å². The quantitative estimate of drug-likeness (QED) is 0.821. The van der Waals surface area contributed by atoms with Crippen molar-refractivity contribution in [1.29, 1.82) is 0 Å². The molecule has 1 atom stereocenters. The predicted octanol–water partition coefficient (Wildman–Crippen LogP) is 3.85. The van der Waals surface area contributed by atoms with Crippen LogP contribution in [-0.4, -0.2) is 5.91 Å². The number of rotatable bonds is 1. The lowest BCUT2D eigenvalue weighted by atomic mass is 9.97. The molecule has 0 saturated heterocycles. The van der Waals surface area contributed by atoms with Gasteiger partial charge in [-0.15, -0.1) is 0 Å². The number of amides is 1. The molecule has 2 heteroatoms. The fraction of sp³-hybridized carbons (Fsp3) is 0.235. The van der Waals surface area contributed by atoms with Gasteiger partial charge < -0.3 is 5.32 Å². The molecule has 3 rings (SSSR count). The largest absolute Gasteiger partial charge is 0.341 e. The third-order valence-corrected chi connectivity index (χ3v) is 3.17. The molecule has 2 aromatic carbocycles. The van der Waals surface area contributed by atoms with E-state index in [1.807, 2.05) is 44.2 Å². The molecular weight excluding hydrogens is 234 g/mol. The summed E-state index contributed by atoms with van der Waals surface area (Å²) >= 11 is 0. The molecule has 19 heavy (non-hydrogen) atoms. The van der Waals surface area contributed by atoms with Gasteiger partial charge in [0.2, 0.25) is 0 Å². The Morgan fingerprint density at radius 2 is 1.74 bits per heavy atom. The highest BCUT2D eigenvalue weighted by Crippen LogP contribution is 2.30. The lowest BCUT2D eigenvalue weighted by Crippen LogP contribution is -2.19. The van der Waals surface area contributed by atoms with Gasteiger partial charge in [-0.05, 0) is 24.1 Å². The van der Waals surface area contributed by atoms with Gasteiger partial charge in [0.05, 0.1) is 6.04 Å². The van der Waals surface area contributed by atoms with Crippen LogP contribution in [0.4, 0.5) is 0 Å². The van der Waals surface area contributed by atoms with Gasteiger partial charge in [0, 0.05) is 5.56 Å². The number of carbonyl (C=O) groups excluding carboxylic acids is 1. The first-order chi connectivity index (χ1) is 9.25. The van der Waals surface area contributed by atoms with Crippen molar-refractivity contribution in [2.45, 2.75) is 26.8 Å². The van der Waals surface area contributed by atoms with Crippen LogP contribution in [-0.2, 0) is 0 Å². The highest BCUT2D eigenvalue weighted by molar-refractivity contribution is 5.99. The molecule has 1 amide bonds. The second-order valence-corrected chi connectivity index (χ2v) is 4.41. The Bertz CT molecular complexity index is 589. The molecule has 0 spiro atoms. The van der Waals surface area contributed by atoms with Crippen molar-refractivity contribution in [1.82, 2.24) is 5.32 Å². The third-order valence-electron chi connectivity index (χ3n) is 3.17. The number of aryl methyl sites for hydroxylation is 1. The maximum Gasteiger partial charge on any atom is 0.252 e. The normalized spacial score (nSPS) is 16.2. The van der Waals surface area contributed by atoms with Crippen molar-refractivity contribution in [3.05, 3.63) is 70.8 Å². The van der Waals surface area contributed by atoms with Gasteiger partial charge in [-0.2, -0.15) is 0 Å². The molecule has 1 aliphatic heterocycles. The number of hydrogen-bond donors (Lipinski definition) is 1. The van der Waals surface area contributed by atoms with E-state index in [1.54, 1.807) is 0 Å². The predicted molar refractivity (Wildman–Crippen MR) is 78.3 cm³/mol. The Morgan fingerprint density at radius 3 is 2.47 bits per heavy atom. The highest BCUT2D eigenvalue weighted by Gasteiger charge is 2.28. The molecule has 0 fully saturated rings. The fourth-order valence-electron chi connectivity index (χ4n) is 2.35. The van der Waals surface area contributed by atoms with Crippen LogP contribution < -0.4 is 5.32 Å². The van der Waals surface area contributed by atoms with Crippen molar-refractivity contribution >= 4 is 5.91 Å². The third kappa shape index (κ3) is 2.53. The molecule has 0 aliphatic carbocycles.